The summed E-state index contributed by atoms with van der Waals surface area (Å²) in [6.45, 7) is 5.46. The lowest BCUT2D eigenvalue weighted by atomic mass is 10.3. The molecular weight excluding hydrogens is 246 g/mol. The zero-order valence-corrected chi connectivity index (χ0v) is 11.5. The van der Waals surface area contributed by atoms with Crippen molar-refractivity contribution in [3.63, 3.8) is 0 Å². The van der Waals surface area contributed by atoms with Crippen LogP contribution in [0.1, 0.15) is 6.92 Å². The van der Waals surface area contributed by atoms with Gasteiger partial charge in [0, 0.05) is 19.2 Å². The van der Waals surface area contributed by atoms with Gasteiger partial charge in [-0.15, -0.1) is 0 Å². The highest BCUT2D eigenvalue weighted by Crippen LogP contribution is 2.31. The number of morpholine rings is 1. The smallest absolute Gasteiger partial charge is 0.164 e. The Balaban J connectivity index is 1.94. The number of hydrogen-bond acceptors (Lipinski definition) is 5. The minimum atomic E-state index is 0.0713. The fourth-order valence-corrected chi connectivity index (χ4v) is 2.03. The number of likely N-dealkylation sites (N-methyl/N-ethyl adjacent to an activating group) is 1. The Bertz CT molecular complexity index is 410. The van der Waals surface area contributed by atoms with Crippen molar-refractivity contribution in [2.45, 2.75) is 13.0 Å². The van der Waals surface area contributed by atoms with Gasteiger partial charge in [-0.05, 0) is 26.1 Å². The number of phenols is 1. The maximum Gasteiger partial charge on any atom is 0.164 e. The molecule has 5 heteroatoms. The third kappa shape index (κ3) is 4.01. The summed E-state index contributed by atoms with van der Waals surface area (Å²) in [5, 5.41) is 9.45. The van der Waals surface area contributed by atoms with Crippen LogP contribution in [0.25, 0.3) is 0 Å². The van der Waals surface area contributed by atoms with E-state index >= 15 is 0 Å². The summed E-state index contributed by atoms with van der Waals surface area (Å²) >= 11 is 0. The molecule has 1 N–H and O–H groups in total. The van der Waals surface area contributed by atoms with Crippen LogP contribution in [0.2, 0.25) is 0 Å². The van der Waals surface area contributed by atoms with Gasteiger partial charge in [0.05, 0.1) is 13.2 Å². The number of aromatic hydroxyl groups is 1. The van der Waals surface area contributed by atoms with Crippen molar-refractivity contribution in [2.24, 2.45) is 0 Å². The van der Waals surface area contributed by atoms with E-state index in [4.69, 9.17) is 14.2 Å². The molecule has 0 spiro atoms. The van der Waals surface area contributed by atoms with Crippen molar-refractivity contribution in [3.8, 4) is 17.2 Å². The van der Waals surface area contributed by atoms with Gasteiger partial charge in [-0.2, -0.15) is 0 Å². The Morgan fingerprint density at radius 2 is 2.21 bits per heavy atom. The molecule has 19 heavy (non-hydrogen) atoms. The molecule has 1 heterocycles. The van der Waals surface area contributed by atoms with E-state index in [0.717, 1.165) is 19.7 Å². The van der Waals surface area contributed by atoms with E-state index < -0.39 is 0 Å². The molecule has 0 bridgehead atoms. The van der Waals surface area contributed by atoms with Crippen LogP contribution in [-0.4, -0.2) is 56.1 Å². The molecule has 0 saturated carbocycles. The summed E-state index contributed by atoms with van der Waals surface area (Å²) in [5.41, 5.74) is 0. The topological polar surface area (TPSA) is 51.2 Å². The SMILES string of the molecule is CCOc1cc(O)ccc1OCC1CN(C)CCO1. The highest BCUT2D eigenvalue weighted by Gasteiger charge is 2.19. The molecule has 5 nitrogen and oxygen atoms in total. The summed E-state index contributed by atoms with van der Waals surface area (Å²) in [7, 11) is 2.07. The number of benzene rings is 1. The Kier molecular flexibility index (Phi) is 4.87. The Morgan fingerprint density at radius 3 is 2.95 bits per heavy atom. The Labute approximate surface area is 113 Å². The minimum Gasteiger partial charge on any atom is -0.508 e. The van der Waals surface area contributed by atoms with E-state index in [9.17, 15) is 5.11 Å². The van der Waals surface area contributed by atoms with Gasteiger partial charge >= 0.3 is 0 Å². The molecule has 0 aliphatic carbocycles. The first kappa shape index (κ1) is 14.0. The van der Waals surface area contributed by atoms with Crippen LogP contribution in [0.4, 0.5) is 0 Å². The predicted molar refractivity (Wildman–Crippen MR) is 72.0 cm³/mol. The van der Waals surface area contributed by atoms with Gasteiger partial charge in [-0.25, -0.2) is 0 Å². The lowest BCUT2D eigenvalue weighted by Crippen LogP contribution is -2.42. The summed E-state index contributed by atoms with van der Waals surface area (Å²) < 4.78 is 16.8. The standard InChI is InChI=1S/C14H21NO4/c1-3-17-14-8-11(16)4-5-13(14)19-10-12-9-15(2)6-7-18-12/h4-5,8,12,16H,3,6-7,9-10H2,1-2H3. The van der Waals surface area contributed by atoms with Crippen LogP contribution >= 0.6 is 0 Å². The van der Waals surface area contributed by atoms with Crippen LogP contribution in [0, 0.1) is 0 Å². The van der Waals surface area contributed by atoms with Crippen molar-refractivity contribution in [2.75, 3.05) is 40.0 Å². The van der Waals surface area contributed by atoms with Gasteiger partial charge in [-0.1, -0.05) is 0 Å². The largest absolute Gasteiger partial charge is 0.508 e. The molecule has 1 aromatic carbocycles. The first-order valence-corrected chi connectivity index (χ1v) is 6.57. The molecule has 1 atom stereocenters. The fourth-order valence-electron chi connectivity index (χ4n) is 2.03. The molecule has 0 amide bonds. The molecule has 106 valence electrons. The number of ether oxygens (including phenoxy) is 3. The van der Waals surface area contributed by atoms with Gasteiger partial charge in [0.2, 0.25) is 0 Å². The molecule has 1 aliphatic rings. The van der Waals surface area contributed by atoms with Crippen LogP contribution in [-0.2, 0) is 4.74 Å². The molecule has 1 fully saturated rings. The van der Waals surface area contributed by atoms with Gasteiger partial charge in [0.15, 0.2) is 11.5 Å². The second-order valence-corrected chi connectivity index (χ2v) is 4.63. The third-order valence-corrected chi connectivity index (χ3v) is 2.99. The summed E-state index contributed by atoms with van der Waals surface area (Å²) in [4.78, 5) is 2.22. The zero-order valence-electron chi connectivity index (χ0n) is 11.5. The highest BCUT2D eigenvalue weighted by atomic mass is 16.5. The second kappa shape index (κ2) is 6.63. The zero-order chi connectivity index (χ0) is 13.7. The number of rotatable bonds is 5. The van der Waals surface area contributed by atoms with Gasteiger partial charge in [0.1, 0.15) is 18.5 Å². The second-order valence-electron chi connectivity index (χ2n) is 4.63. The molecule has 1 aromatic rings. The van der Waals surface area contributed by atoms with Crippen molar-refractivity contribution in [3.05, 3.63) is 18.2 Å². The molecule has 1 unspecified atom stereocenters. The van der Waals surface area contributed by atoms with E-state index in [-0.39, 0.29) is 11.9 Å². The first-order valence-electron chi connectivity index (χ1n) is 6.57. The average molecular weight is 267 g/mol. The molecular formula is C14H21NO4. The van der Waals surface area contributed by atoms with Crippen LogP contribution in [0.5, 0.6) is 17.2 Å². The van der Waals surface area contributed by atoms with Gasteiger partial charge in [0.25, 0.3) is 0 Å². The average Bonchev–Trinajstić information content (AvgIpc) is 2.38. The maximum absolute atomic E-state index is 9.45. The normalized spacial score (nSPS) is 20.2. The van der Waals surface area contributed by atoms with Gasteiger partial charge < -0.3 is 24.2 Å². The van der Waals surface area contributed by atoms with E-state index in [2.05, 4.69) is 11.9 Å². The maximum atomic E-state index is 9.45. The monoisotopic (exact) mass is 267 g/mol. The van der Waals surface area contributed by atoms with E-state index in [0.29, 0.717) is 24.7 Å². The number of nitrogens with zero attached hydrogens (tertiary/aromatic N) is 1. The molecule has 0 radical (unpaired) electrons. The number of hydrogen-bond donors (Lipinski definition) is 1. The summed E-state index contributed by atoms with van der Waals surface area (Å²) in [6, 6.07) is 4.87. The predicted octanol–water partition coefficient (Wildman–Crippen LogP) is 1.50. The Hall–Kier alpha value is -1.46. The highest BCUT2D eigenvalue weighted by molar-refractivity contribution is 5.45. The minimum absolute atomic E-state index is 0.0713. The van der Waals surface area contributed by atoms with E-state index in [1.165, 1.54) is 0 Å². The molecule has 1 saturated heterocycles. The fraction of sp³-hybridized carbons (Fsp3) is 0.571. The van der Waals surface area contributed by atoms with E-state index in [1.54, 1.807) is 18.2 Å². The third-order valence-electron chi connectivity index (χ3n) is 2.99. The first-order chi connectivity index (χ1) is 9.19. The molecule has 2 rings (SSSR count). The van der Waals surface area contributed by atoms with E-state index in [1.807, 2.05) is 6.92 Å². The van der Waals surface area contributed by atoms with Crippen molar-refractivity contribution >= 4 is 0 Å². The van der Waals surface area contributed by atoms with Crippen LogP contribution < -0.4 is 9.47 Å². The summed E-state index contributed by atoms with van der Waals surface area (Å²) in [5.74, 6) is 1.37. The van der Waals surface area contributed by atoms with Crippen molar-refractivity contribution in [1.82, 2.24) is 4.90 Å². The lowest BCUT2D eigenvalue weighted by molar-refractivity contribution is -0.0406. The summed E-state index contributed by atoms with van der Waals surface area (Å²) in [6.07, 6.45) is 0.0713. The van der Waals surface area contributed by atoms with Crippen LogP contribution in [0.3, 0.4) is 0 Å². The Morgan fingerprint density at radius 1 is 1.37 bits per heavy atom. The lowest BCUT2D eigenvalue weighted by Gasteiger charge is -2.30. The molecule has 1 aliphatic heterocycles. The molecule has 0 aromatic heterocycles. The quantitative estimate of drug-likeness (QED) is 0.876. The van der Waals surface area contributed by atoms with Crippen molar-refractivity contribution < 1.29 is 19.3 Å². The van der Waals surface area contributed by atoms with Crippen LogP contribution in [0.15, 0.2) is 18.2 Å². The van der Waals surface area contributed by atoms with Crippen molar-refractivity contribution in [1.29, 1.82) is 0 Å². The van der Waals surface area contributed by atoms with Gasteiger partial charge in [-0.3, -0.25) is 0 Å². The number of phenolic OH excluding ortho intramolecular Hbond substituents is 1.